The van der Waals surface area contributed by atoms with Gasteiger partial charge in [-0.1, -0.05) is 20.8 Å². The van der Waals surface area contributed by atoms with Gasteiger partial charge in [0.2, 0.25) is 0 Å². The van der Waals surface area contributed by atoms with Crippen LogP contribution in [0.5, 0.6) is 5.75 Å². The third-order valence-electron chi connectivity index (χ3n) is 4.99. The van der Waals surface area contributed by atoms with Gasteiger partial charge in [-0.3, -0.25) is 0 Å². The predicted molar refractivity (Wildman–Crippen MR) is 95.2 cm³/mol. The van der Waals surface area contributed by atoms with E-state index >= 15 is 0 Å². The highest BCUT2D eigenvalue weighted by molar-refractivity contribution is 6.74. The second-order valence-corrected chi connectivity index (χ2v) is 12.5. The third-order valence-corrected chi connectivity index (χ3v) is 9.46. The average Bonchev–Trinajstić information content (AvgIpc) is 3.12. The van der Waals surface area contributed by atoms with Gasteiger partial charge >= 0.3 is 0 Å². The van der Waals surface area contributed by atoms with E-state index in [-0.39, 0.29) is 5.04 Å². The van der Waals surface area contributed by atoms with E-state index in [2.05, 4.69) is 56.0 Å². The van der Waals surface area contributed by atoms with Gasteiger partial charge in [0, 0.05) is 12.0 Å². The molecule has 4 nitrogen and oxygen atoms in total. The Balaban J connectivity index is 1.71. The maximum Gasteiger partial charge on any atom is 0.192 e. The molecular weight excluding hydrogens is 304 g/mol. The van der Waals surface area contributed by atoms with Crippen LogP contribution in [0, 0.1) is 0 Å². The fourth-order valence-electron chi connectivity index (χ4n) is 2.39. The lowest BCUT2D eigenvalue weighted by atomic mass is 10.1. The summed E-state index contributed by atoms with van der Waals surface area (Å²) in [5, 5.41) is 0.218. The fraction of sp³-hybridized carbons (Fsp3) is 0.500. The van der Waals surface area contributed by atoms with Crippen LogP contribution < -0.4 is 4.74 Å². The smallest absolute Gasteiger partial charge is 0.192 e. The average molecular weight is 331 g/mol. The lowest BCUT2D eigenvalue weighted by molar-refractivity contribution is 0.272. The second-order valence-electron chi connectivity index (χ2n) is 7.73. The summed E-state index contributed by atoms with van der Waals surface area (Å²) in [7, 11) is -1.74. The first-order valence-electron chi connectivity index (χ1n) is 8.20. The maximum absolute atomic E-state index is 6.25. The van der Waals surface area contributed by atoms with Crippen LogP contribution in [0.1, 0.15) is 32.0 Å². The number of nitrogens with zero attached hydrogens (tertiary/aromatic N) is 1. The summed E-state index contributed by atoms with van der Waals surface area (Å²) in [6, 6.07) is 6.26. The molecule has 2 heterocycles. The van der Waals surface area contributed by atoms with Gasteiger partial charge in [-0.15, -0.1) is 0 Å². The summed E-state index contributed by atoms with van der Waals surface area (Å²) in [4.78, 5) is 7.90. The molecule has 0 atom stereocenters. The monoisotopic (exact) mass is 330 g/mol. The summed E-state index contributed by atoms with van der Waals surface area (Å²) in [6.07, 6.45) is 2.86. The summed E-state index contributed by atoms with van der Waals surface area (Å²) in [5.74, 6) is 1.90. The topological polar surface area (TPSA) is 47.1 Å². The van der Waals surface area contributed by atoms with Crippen molar-refractivity contribution in [2.45, 2.75) is 51.9 Å². The van der Waals surface area contributed by atoms with Crippen molar-refractivity contribution in [2.24, 2.45) is 0 Å². The Hall–Kier alpha value is -1.59. The number of aromatic nitrogens is 2. The zero-order chi connectivity index (χ0) is 16.7. The maximum atomic E-state index is 6.25. The highest BCUT2D eigenvalue weighted by Gasteiger charge is 2.37. The highest BCUT2D eigenvalue weighted by Crippen LogP contribution is 2.37. The minimum atomic E-state index is -1.74. The zero-order valence-corrected chi connectivity index (χ0v) is 15.7. The van der Waals surface area contributed by atoms with Crippen molar-refractivity contribution in [1.29, 1.82) is 0 Å². The number of hydrogen-bond acceptors (Lipinski definition) is 3. The molecule has 0 fully saturated rings. The Kier molecular flexibility index (Phi) is 4.10. The molecule has 0 aliphatic carbocycles. The van der Waals surface area contributed by atoms with E-state index in [9.17, 15) is 0 Å². The number of hydrogen-bond donors (Lipinski definition) is 1. The van der Waals surface area contributed by atoms with Crippen LogP contribution in [-0.4, -0.2) is 24.9 Å². The number of H-pyrrole nitrogens is 1. The molecule has 0 saturated heterocycles. The second kappa shape index (κ2) is 5.80. The Bertz CT molecular complexity index is 701. The van der Waals surface area contributed by atoms with Gasteiger partial charge < -0.3 is 14.1 Å². The first-order valence-corrected chi connectivity index (χ1v) is 11.1. The number of rotatable bonds is 4. The van der Waals surface area contributed by atoms with Crippen molar-refractivity contribution in [3.63, 3.8) is 0 Å². The SMILES string of the molecule is CC(C)(C)[Si](C)(C)OCc1cnc(-c2ccc3c(c2)CCO3)[nH]1. The minimum Gasteiger partial charge on any atom is -0.493 e. The molecule has 124 valence electrons. The molecule has 5 heteroatoms. The molecule has 0 spiro atoms. The van der Waals surface area contributed by atoms with Gasteiger partial charge in [0.05, 0.1) is 25.1 Å². The third kappa shape index (κ3) is 3.35. The van der Waals surface area contributed by atoms with Crippen LogP contribution in [0.2, 0.25) is 18.1 Å². The molecule has 0 radical (unpaired) electrons. The Morgan fingerprint density at radius 3 is 2.83 bits per heavy atom. The molecule has 1 aliphatic heterocycles. The molecule has 0 amide bonds. The Morgan fingerprint density at radius 1 is 1.30 bits per heavy atom. The molecule has 2 aromatic rings. The summed E-state index contributed by atoms with van der Waals surface area (Å²) < 4.78 is 11.8. The molecule has 1 N–H and O–H groups in total. The van der Waals surface area contributed by atoms with Gasteiger partial charge in [-0.05, 0) is 41.9 Å². The van der Waals surface area contributed by atoms with Crippen LogP contribution >= 0.6 is 0 Å². The molecule has 1 aromatic heterocycles. The Morgan fingerprint density at radius 2 is 2.09 bits per heavy atom. The van der Waals surface area contributed by atoms with E-state index in [0.717, 1.165) is 35.9 Å². The van der Waals surface area contributed by atoms with Gasteiger partial charge in [-0.25, -0.2) is 4.98 Å². The van der Waals surface area contributed by atoms with E-state index < -0.39 is 8.32 Å². The van der Waals surface area contributed by atoms with Crippen LogP contribution in [-0.2, 0) is 17.5 Å². The van der Waals surface area contributed by atoms with Crippen molar-refractivity contribution in [2.75, 3.05) is 6.61 Å². The molecule has 23 heavy (non-hydrogen) atoms. The Labute approximate surface area is 139 Å². The first-order chi connectivity index (χ1) is 10.8. The quantitative estimate of drug-likeness (QED) is 0.838. The summed E-state index contributed by atoms with van der Waals surface area (Å²) in [6.45, 7) is 12.7. The lowest BCUT2D eigenvalue weighted by Crippen LogP contribution is -2.40. The minimum absolute atomic E-state index is 0.218. The van der Waals surface area contributed by atoms with E-state index in [1.54, 1.807) is 0 Å². The molecule has 1 aromatic carbocycles. The highest BCUT2D eigenvalue weighted by atomic mass is 28.4. The van der Waals surface area contributed by atoms with Crippen molar-refractivity contribution in [3.05, 3.63) is 35.7 Å². The molecular formula is C18H26N2O2Si. The largest absolute Gasteiger partial charge is 0.493 e. The lowest BCUT2D eigenvalue weighted by Gasteiger charge is -2.35. The van der Waals surface area contributed by atoms with E-state index in [0.29, 0.717) is 6.61 Å². The van der Waals surface area contributed by atoms with E-state index in [1.165, 1.54) is 5.56 Å². The molecule has 0 saturated carbocycles. The van der Waals surface area contributed by atoms with Gasteiger partial charge in [0.25, 0.3) is 0 Å². The van der Waals surface area contributed by atoms with E-state index in [4.69, 9.17) is 9.16 Å². The van der Waals surface area contributed by atoms with Crippen LogP contribution in [0.3, 0.4) is 0 Å². The number of imidazole rings is 1. The number of fused-ring (bicyclic) bond motifs is 1. The molecule has 1 aliphatic rings. The van der Waals surface area contributed by atoms with Crippen molar-refractivity contribution >= 4 is 8.32 Å². The molecule has 0 bridgehead atoms. The van der Waals surface area contributed by atoms with Crippen LogP contribution in [0.4, 0.5) is 0 Å². The first kappa shape index (κ1) is 16.3. The summed E-state index contributed by atoms with van der Waals surface area (Å²) >= 11 is 0. The normalized spacial score (nSPS) is 14.7. The zero-order valence-electron chi connectivity index (χ0n) is 14.7. The number of benzene rings is 1. The van der Waals surface area contributed by atoms with Crippen LogP contribution in [0.15, 0.2) is 24.4 Å². The van der Waals surface area contributed by atoms with Crippen molar-refractivity contribution in [3.8, 4) is 17.1 Å². The number of nitrogens with one attached hydrogen (secondary N) is 1. The van der Waals surface area contributed by atoms with E-state index in [1.807, 2.05) is 12.3 Å². The van der Waals surface area contributed by atoms with Gasteiger partial charge in [0.1, 0.15) is 11.6 Å². The van der Waals surface area contributed by atoms with Crippen LogP contribution in [0.25, 0.3) is 11.4 Å². The molecule has 3 rings (SSSR count). The van der Waals surface area contributed by atoms with Crippen molar-refractivity contribution < 1.29 is 9.16 Å². The number of ether oxygens (including phenoxy) is 1. The standard InChI is InChI=1S/C18H26N2O2Si/c1-18(2,3)23(4,5)22-12-15-11-19-17(20-15)14-6-7-16-13(10-14)8-9-21-16/h6-7,10-11H,8-9,12H2,1-5H3,(H,19,20). The molecule has 0 unspecified atom stereocenters. The van der Waals surface area contributed by atoms with Crippen molar-refractivity contribution in [1.82, 2.24) is 9.97 Å². The van der Waals surface area contributed by atoms with Gasteiger partial charge in [-0.2, -0.15) is 0 Å². The fourth-order valence-corrected chi connectivity index (χ4v) is 3.34. The summed E-state index contributed by atoms with van der Waals surface area (Å²) in [5.41, 5.74) is 3.40. The predicted octanol–water partition coefficient (Wildman–Crippen LogP) is 4.53. The number of aromatic amines is 1. The van der Waals surface area contributed by atoms with Gasteiger partial charge in [0.15, 0.2) is 8.32 Å².